The number of nitrogens with one attached hydrogen (secondary N) is 2. The number of carbonyl (C=O) groups excluding carboxylic acids is 1. The largest absolute Gasteiger partial charge is 0.378 e. The van der Waals surface area contributed by atoms with Gasteiger partial charge >= 0.3 is 0 Å². The molecular formula is C20H20N4O3. The van der Waals surface area contributed by atoms with Gasteiger partial charge < -0.3 is 19.9 Å². The molecule has 7 nitrogen and oxygen atoms in total. The van der Waals surface area contributed by atoms with Gasteiger partial charge in [0.1, 0.15) is 11.4 Å². The van der Waals surface area contributed by atoms with E-state index in [1.807, 2.05) is 24.3 Å². The Labute approximate surface area is 156 Å². The molecule has 3 aromatic rings. The molecule has 2 aromatic heterocycles. The van der Waals surface area contributed by atoms with Crippen molar-refractivity contribution in [3.63, 3.8) is 0 Å². The van der Waals surface area contributed by atoms with E-state index in [2.05, 4.69) is 20.2 Å². The van der Waals surface area contributed by atoms with Crippen molar-refractivity contribution in [2.24, 2.45) is 0 Å². The lowest BCUT2D eigenvalue weighted by Gasteiger charge is -2.28. The molecule has 27 heavy (non-hydrogen) atoms. The van der Waals surface area contributed by atoms with Crippen molar-refractivity contribution in [3.05, 3.63) is 70.1 Å². The SMILES string of the molecule is O=C(NCc1ccnc(N2CCOCC2)c1)c1c[nH]c2ccccc2c1=O. The Morgan fingerprint density at radius 2 is 2.04 bits per heavy atom. The second-order valence-corrected chi connectivity index (χ2v) is 6.38. The van der Waals surface area contributed by atoms with Crippen LogP contribution in [0.15, 0.2) is 53.6 Å². The summed E-state index contributed by atoms with van der Waals surface area (Å²) in [6.07, 6.45) is 3.20. The molecule has 1 aliphatic heterocycles. The zero-order chi connectivity index (χ0) is 18.6. The number of H-pyrrole nitrogens is 1. The number of hydrogen-bond acceptors (Lipinski definition) is 5. The van der Waals surface area contributed by atoms with E-state index < -0.39 is 5.91 Å². The van der Waals surface area contributed by atoms with Gasteiger partial charge in [-0.2, -0.15) is 0 Å². The molecule has 1 amide bonds. The molecule has 3 heterocycles. The molecule has 0 aliphatic carbocycles. The summed E-state index contributed by atoms with van der Waals surface area (Å²) in [5.41, 5.74) is 1.47. The fraction of sp³-hybridized carbons (Fsp3) is 0.250. The van der Waals surface area contributed by atoms with Crippen LogP contribution < -0.4 is 15.6 Å². The van der Waals surface area contributed by atoms with Gasteiger partial charge in [0.15, 0.2) is 0 Å². The molecule has 1 fully saturated rings. The second-order valence-electron chi connectivity index (χ2n) is 6.38. The van der Waals surface area contributed by atoms with Crippen molar-refractivity contribution < 1.29 is 9.53 Å². The Bertz CT molecular complexity index is 1020. The maximum Gasteiger partial charge on any atom is 0.257 e. The van der Waals surface area contributed by atoms with Crippen LogP contribution in [0.1, 0.15) is 15.9 Å². The van der Waals surface area contributed by atoms with Gasteiger partial charge in [0, 0.05) is 42.9 Å². The van der Waals surface area contributed by atoms with Crippen LogP contribution in [0.2, 0.25) is 0 Å². The number of benzene rings is 1. The first kappa shape index (κ1) is 17.2. The summed E-state index contributed by atoms with van der Waals surface area (Å²) in [5.74, 6) is 0.473. The van der Waals surface area contributed by atoms with E-state index in [-0.39, 0.29) is 11.0 Å². The number of morpholine rings is 1. The molecule has 0 atom stereocenters. The fourth-order valence-electron chi connectivity index (χ4n) is 3.15. The number of rotatable bonds is 4. The Hall–Kier alpha value is -3.19. The molecule has 2 N–H and O–H groups in total. The van der Waals surface area contributed by atoms with Crippen LogP contribution in [0.4, 0.5) is 5.82 Å². The van der Waals surface area contributed by atoms with Gasteiger partial charge in [-0.05, 0) is 29.8 Å². The van der Waals surface area contributed by atoms with Gasteiger partial charge in [0.2, 0.25) is 5.43 Å². The van der Waals surface area contributed by atoms with Gasteiger partial charge in [-0.3, -0.25) is 9.59 Å². The Balaban J connectivity index is 1.48. The number of nitrogens with zero attached hydrogens (tertiary/aromatic N) is 2. The number of hydrogen-bond donors (Lipinski definition) is 2. The van der Waals surface area contributed by atoms with Crippen molar-refractivity contribution in [2.75, 3.05) is 31.2 Å². The minimum Gasteiger partial charge on any atom is -0.378 e. The van der Waals surface area contributed by atoms with E-state index in [0.717, 1.165) is 24.5 Å². The van der Waals surface area contributed by atoms with E-state index >= 15 is 0 Å². The third-order valence-electron chi connectivity index (χ3n) is 4.63. The molecule has 0 spiro atoms. The lowest BCUT2D eigenvalue weighted by Crippen LogP contribution is -2.36. The number of amides is 1. The first-order valence-corrected chi connectivity index (χ1v) is 8.88. The smallest absolute Gasteiger partial charge is 0.257 e. The lowest BCUT2D eigenvalue weighted by atomic mass is 10.1. The number of ether oxygens (including phenoxy) is 1. The zero-order valence-corrected chi connectivity index (χ0v) is 14.8. The van der Waals surface area contributed by atoms with Crippen LogP contribution in [0.25, 0.3) is 10.9 Å². The van der Waals surface area contributed by atoms with E-state index in [0.29, 0.717) is 30.7 Å². The number of anilines is 1. The third kappa shape index (κ3) is 3.68. The van der Waals surface area contributed by atoms with Crippen LogP contribution in [-0.4, -0.2) is 42.2 Å². The molecule has 138 valence electrons. The number of fused-ring (bicyclic) bond motifs is 1. The topological polar surface area (TPSA) is 87.3 Å². The van der Waals surface area contributed by atoms with Crippen molar-refractivity contribution >= 4 is 22.6 Å². The van der Waals surface area contributed by atoms with E-state index in [4.69, 9.17) is 4.74 Å². The summed E-state index contributed by atoms with van der Waals surface area (Å²) >= 11 is 0. The van der Waals surface area contributed by atoms with Crippen LogP contribution in [0, 0.1) is 0 Å². The normalized spacial score (nSPS) is 14.3. The average molecular weight is 364 g/mol. The Morgan fingerprint density at radius 3 is 2.89 bits per heavy atom. The molecule has 0 unspecified atom stereocenters. The summed E-state index contributed by atoms with van der Waals surface area (Å²) in [7, 11) is 0. The van der Waals surface area contributed by atoms with E-state index in [9.17, 15) is 9.59 Å². The van der Waals surface area contributed by atoms with Gasteiger partial charge in [-0.15, -0.1) is 0 Å². The minimum atomic E-state index is -0.397. The molecular weight excluding hydrogens is 344 g/mol. The second kappa shape index (κ2) is 7.59. The number of aromatic nitrogens is 2. The summed E-state index contributed by atoms with van der Waals surface area (Å²) < 4.78 is 5.36. The minimum absolute atomic E-state index is 0.108. The van der Waals surface area contributed by atoms with E-state index in [1.54, 1.807) is 18.3 Å². The molecule has 1 saturated heterocycles. The maximum absolute atomic E-state index is 12.5. The summed E-state index contributed by atoms with van der Waals surface area (Å²) in [5, 5.41) is 3.32. The Morgan fingerprint density at radius 1 is 1.22 bits per heavy atom. The molecule has 4 rings (SSSR count). The van der Waals surface area contributed by atoms with Gasteiger partial charge in [-0.25, -0.2) is 4.98 Å². The van der Waals surface area contributed by atoms with Gasteiger partial charge in [-0.1, -0.05) is 12.1 Å². The number of para-hydroxylation sites is 1. The summed E-state index contributed by atoms with van der Waals surface area (Å²) in [4.78, 5) is 34.6. The fourth-order valence-corrected chi connectivity index (χ4v) is 3.15. The molecule has 7 heteroatoms. The maximum atomic E-state index is 12.5. The highest BCUT2D eigenvalue weighted by atomic mass is 16.5. The quantitative estimate of drug-likeness (QED) is 0.736. The highest BCUT2D eigenvalue weighted by Gasteiger charge is 2.14. The average Bonchev–Trinajstić information content (AvgIpc) is 2.73. The first-order valence-electron chi connectivity index (χ1n) is 8.88. The lowest BCUT2D eigenvalue weighted by molar-refractivity contribution is 0.0949. The van der Waals surface area contributed by atoms with Crippen molar-refractivity contribution in [1.29, 1.82) is 0 Å². The monoisotopic (exact) mass is 364 g/mol. The number of aromatic amines is 1. The highest BCUT2D eigenvalue weighted by Crippen LogP contribution is 2.14. The van der Waals surface area contributed by atoms with Crippen LogP contribution >= 0.6 is 0 Å². The molecule has 1 aromatic carbocycles. The van der Waals surface area contributed by atoms with Crippen LogP contribution in [0.3, 0.4) is 0 Å². The zero-order valence-electron chi connectivity index (χ0n) is 14.8. The van der Waals surface area contributed by atoms with E-state index in [1.165, 1.54) is 6.20 Å². The highest BCUT2D eigenvalue weighted by molar-refractivity contribution is 5.97. The predicted molar refractivity (Wildman–Crippen MR) is 103 cm³/mol. The predicted octanol–water partition coefficient (Wildman–Crippen LogP) is 1.69. The van der Waals surface area contributed by atoms with Gasteiger partial charge in [0.05, 0.1) is 13.2 Å². The number of pyridine rings is 2. The third-order valence-corrected chi connectivity index (χ3v) is 4.63. The molecule has 0 radical (unpaired) electrons. The van der Waals surface area contributed by atoms with Crippen molar-refractivity contribution in [3.8, 4) is 0 Å². The summed E-state index contributed by atoms with van der Waals surface area (Å²) in [6, 6.07) is 11.0. The molecule has 0 bridgehead atoms. The van der Waals surface area contributed by atoms with Crippen molar-refractivity contribution in [2.45, 2.75) is 6.54 Å². The summed E-state index contributed by atoms with van der Waals surface area (Å²) in [6.45, 7) is 3.30. The standard InChI is InChI=1S/C20H20N4O3/c25-19-15-3-1-2-4-17(15)22-13-16(19)20(26)23-12-14-5-6-21-18(11-14)24-7-9-27-10-8-24/h1-6,11,13H,7-10,12H2,(H,22,25)(H,23,26). The van der Waals surface area contributed by atoms with Crippen LogP contribution in [0.5, 0.6) is 0 Å². The van der Waals surface area contributed by atoms with Crippen LogP contribution in [-0.2, 0) is 11.3 Å². The van der Waals surface area contributed by atoms with Gasteiger partial charge in [0.25, 0.3) is 5.91 Å². The molecule has 1 aliphatic rings. The number of carbonyl (C=O) groups is 1. The molecule has 0 saturated carbocycles. The Kier molecular flexibility index (Phi) is 4.84. The first-order chi connectivity index (χ1) is 13.2. The van der Waals surface area contributed by atoms with Crippen molar-refractivity contribution in [1.82, 2.24) is 15.3 Å².